The average molecular weight is 2360 g/mol. The summed E-state index contributed by atoms with van der Waals surface area (Å²) in [6.45, 7) is 19.0. The van der Waals surface area contributed by atoms with Gasteiger partial charge in [-0.1, -0.05) is 237 Å². The van der Waals surface area contributed by atoms with Gasteiger partial charge in [-0.05, 0) is 195 Å². The first-order valence-electron chi connectivity index (χ1n) is 58.1. The molecule has 4 aliphatic heterocycles. The van der Waals surface area contributed by atoms with E-state index in [4.69, 9.17) is 132 Å². The van der Waals surface area contributed by atoms with Gasteiger partial charge < -0.3 is 84.2 Å². The van der Waals surface area contributed by atoms with Crippen molar-refractivity contribution >= 4 is 88.4 Å². The molecule has 0 aromatic heterocycles. The number of benzene rings is 7. The normalized spacial score (nSPS) is 25.0. The predicted molar refractivity (Wildman–Crippen MR) is 576 cm³/mol. The van der Waals surface area contributed by atoms with Gasteiger partial charge in [0.1, 0.15) is 0 Å². The quantitative estimate of drug-likeness (QED) is 0.00995. The molecule has 4 saturated carbocycles. The number of ether oxygens (including phenoxy) is 11. The summed E-state index contributed by atoms with van der Waals surface area (Å²) < 4.78 is 215. The molecule has 0 radical (unpaired) electrons. The Morgan fingerprint density at radius 3 is 1.07 bits per heavy atom. The van der Waals surface area contributed by atoms with E-state index in [1.165, 1.54) is 152 Å². The predicted octanol–water partition coefficient (Wildman–Crippen LogP) is 16.9. The van der Waals surface area contributed by atoms with Crippen LogP contribution in [0.25, 0.3) is 0 Å². The molecule has 6 N–H and O–H groups in total. The van der Waals surface area contributed by atoms with Crippen molar-refractivity contribution in [2.45, 2.75) is 294 Å². The van der Waals surface area contributed by atoms with Gasteiger partial charge in [0, 0.05) is 99.2 Å². The number of nitrogens with zero attached hydrogens (tertiary/aromatic N) is 4. The van der Waals surface area contributed by atoms with E-state index < -0.39 is 47.1 Å². The smallest absolute Gasteiger partial charge is 1.00 e. The van der Waals surface area contributed by atoms with Gasteiger partial charge in [0.15, 0.2) is 46.0 Å². The number of unbranched alkanes of at least 4 members (excludes halogenated alkanes) is 1. The molecule has 774 valence electrons. The molecule has 7 aromatic rings. The first-order valence-corrected chi connectivity index (χ1v) is 56.1. The zero-order valence-electron chi connectivity index (χ0n) is 103. The van der Waals surface area contributed by atoms with Crippen molar-refractivity contribution in [1.29, 1.82) is 0.594 Å². The number of phenolic OH excluding ortho intramolecular Hbond substituents is 2. The Bertz CT molecular complexity index is 4860. The van der Waals surface area contributed by atoms with Gasteiger partial charge in [0.25, 0.3) is 0 Å². The Balaban J connectivity index is 0.000000953. The van der Waals surface area contributed by atoms with Gasteiger partial charge in [0.2, 0.25) is 0 Å². The molecule has 7 aromatic carbocycles. The number of halogens is 7. The zero-order valence-corrected chi connectivity index (χ0v) is 91.4. The van der Waals surface area contributed by atoms with Crippen molar-refractivity contribution in [2.24, 2.45) is 0 Å². The minimum atomic E-state index is -2.73. The number of alkyl halides is 4. The molecule has 4 heterocycles. The van der Waals surface area contributed by atoms with E-state index >= 15 is 0 Å². The van der Waals surface area contributed by atoms with Gasteiger partial charge in [-0.25, -0.2) is 0 Å². The third-order valence-electron chi connectivity index (χ3n) is 24.7. The van der Waals surface area contributed by atoms with E-state index in [1.807, 2.05) is 44.2 Å². The summed E-state index contributed by atoms with van der Waals surface area (Å²) in [6, 6.07) is 50.6. The Morgan fingerprint density at radius 1 is 0.409 bits per heavy atom. The van der Waals surface area contributed by atoms with Crippen LogP contribution in [0.1, 0.15) is 246 Å². The fourth-order valence-electron chi connectivity index (χ4n) is 17.6. The first kappa shape index (κ1) is 95.9. The van der Waals surface area contributed by atoms with Crippen LogP contribution in [0.3, 0.4) is 0 Å². The third kappa shape index (κ3) is 49.2. The molecule has 8 aliphatic rings. The van der Waals surface area contributed by atoms with Crippen LogP contribution in [-0.2, 0) is 69.2 Å². The van der Waals surface area contributed by atoms with Crippen LogP contribution in [0.4, 0.5) is 0 Å². The van der Waals surface area contributed by atoms with E-state index in [2.05, 4.69) is 117 Å². The zero-order chi connectivity index (χ0) is 116. The monoisotopic (exact) mass is 2360 g/mol. The maximum atomic E-state index is 10.1. The van der Waals surface area contributed by atoms with E-state index in [-0.39, 0.29) is 164 Å². The molecular weight excluding hydrogens is 2170 g/mol. The Kier molecular flexibility index (Phi) is 56.0. The number of rotatable bonds is 32. The molecule has 15 rings (SSSR count). The second-order valence-corrected chi connectivity index (χ2v) is 35.0. The maximum absolute atomic E-state index is 10.1. The van der Waals surface area contributed by atoms with E-state index in [0.29, 0.717) is 106 Å². The summed E-state index contributed by atoms with van der Waals surface area (Å²) in [4.78, 5) is 8.07. The topological polar surface area (TPSA) is 236 Å². The van der Waals surface area contributed by atoms with Crippen molar-refractivity contribution in [3.63, 3.8) is 0 Å². The number of aliphatic hydroxyl groups excluding tert-OH is 4. The molecule has 0 spiro atoms. The third-order valence-corrected chi connectivity index (χ3v) is 25.2. The van der Waals surface area contributed by atoms with Gasteiger partial charge >= 0.3 is 67.2 Å². The van der Waals surface area contributed by atoms with Crippen LogP contribution in [0, 0.1) is 0 Å². The van der Waals surface area contributed by atoms with Gasteiger partial charge in [-0.15, -0.1) is 47.2 Å². The number of hydrogen-bond donors (Lipinski definition) is 6. The first-order chi connectivity index (χ1) is 73.8. The second-order valence-electron chi connectivity index (χ2n) is 33.7. The van der Waals surface area contributed by atoms with Gasteiger partial charge in [-0.2, -0.15) is 0 Å². The number of methoxy groups -OCH3 is 6. The molecule has 0 bridgehead atoms. The van der Waals surface area contributed by atoms with E-state index in [9.17, 15) is 10.2 Å². The fourth-order valence-corrected chi connectivity index (χ4v) is 18.1. The molecule has 6 unspecified atom stereocenters. The summed E-state index contributed by atoms with van der Waals surface area (Å²) in [5.41, 5.74) is 6.66. The standard InChI is InChI=1S/C27H37NO4.C20H31NO4.C17H24ClNO.C17H25NO2.C10H14O3.C8H10O3.C4H10.C2H6.CH2Cl2.CH3I.CH4.ClH.HI2.Na.H/c1-29-26-13-12-21(18-27(26)30-2)15-17-31-25-11-7-6-10-24(25)28-16-14-23(19-28)32-20-22-8-4-3-5-9-22;1-23-19-8-7-15(13-20(19)24-2)10-12-25-18-6-4-3-5-17(18)21-11-9-16(22)14-21;18-16-8-4-5-9-17(16)19-11-10-15(12-19)20-13-14-6-2-1-3-7-14;19-17-9-5-4-8-16(17)18-11-10-15(12-18)20-13-14-6-2-1-3-7-14;1-12-9-4-3-8(5-6-11)7-10(9)13-2;9-4-3-6-1-2-7(10)8(11)5-6;1-3-4-2;1-2;2-1-3;1-2;;;1-2;;/h3-5,8-9,12-13,18,23-25H,6-7,10-11,14-17,19-20H2,1-2H3;7-8,13,16-18,22H,3-6,9-12,14H2,1-2H3;1-3,6-7,15-17H,4-5,8-13H2;1-3,6-7,15-17,19H,4-5,8-13H2;3-4,7,11H,5-6H2,1-2H3;1-2,5,9-11H,3-4H2;3-4H2,1-2H3;1-2H3;1H2;1H3;1H4;1H;1H;;/q;;;;;;;;;;;;-1;+1;-1/t23-,24?,25?;16-,17?,18?;15-,16+,17?;15-,16?,17+;;;;;;;;;;;/m1111.........../s1/i2*1D3,2D3;;;1D3,2D3;;;;;1D3;;;1D;;. The summed E-state index contributed by atoms with van der Waals surface area (Å²) in [6.07, 6.45) is 27.7. The van der Waals surface area contributed by atoms with Crippen LogP contribution < -0.4 is 76.4 Å². The molecule has 8 fully saturated rings. The van der Waals surface area contributed by atoms with Crippen LogP contribution >= 0.6 is 88.4 Å². The molecule has 0 amide bonds. The number of phenols is 2. The molecule has 4 saturated heterocycles. The maximum Gasteiger partial charge on any atom is 1.00 e. The Hall–Kier alpha value is -3.23. The van der Waals surface area contributed by atoms with Gasteiger partial charge in [-0.3, -0.25) is 19.6 Å². The molecule has 12 atom stereocenters. The van der Waals surface area contributed by atoms with Crippen LogP contribution in [0.5, 0.6) is 46.0 Å². The summed E-state index contributed by atoms with van der Waals surface area (Å²) in [7, 11) is -16.3. The van der Waals surface area contributed by atoms with E-state index in [1.54, 1.807) is 18.2 Å². The minimum absolute atomic E-state index is 0. The summed E-state index contributed by atoms with van der Waals surface area (Å²) in [5, 5.41) is 55.8. The van der Waals surface area contributed by atoms with Crippen molar-refractivity contribution in [2.75, 3.05) is 131 Å². The molecular formula is C108H169Cl4I3N4NaO17-. The Morgan fingerprint density at radius 2 is 0.723 bits per heavy atom. The molecule has 29 heteroatoms. The van der Waals surface area contributed by atoms with Crippen LogP contribution in [-0.4, -0.2) is 254 Å². The Labute approximate surface area is 936 Å². The molecule has 21 nitrogen and oxygen atoms in total. The number of hydrogen-bond acceptors (Lipinski definition) is 21. The summed E-state index contributed by atoms with van der Waals surface area (Å²) in [5.74, 6) is -1.16. The minimum Gasteiger partial charge on any atom is -1.00 e. The van der Waals surface area contributed by atoms with Crippen LogP contribution in [0.15, 0.2) is 164 Å². The van der Waals surface area contributed by atoms with Crippen LogP contribution in [0.2, 0.25) is 0 Å². The van der Waals surface area contributed by atoms with Crippen molar-refractivity contribution in [3.8, 4) is 46.0 Å². The second kappa shape index (κ2) is 80.0. The fraction of sp³-hybridized carbons (Fsp3) is 0.611. The largest absolute Gasteiger partial charge is 1.00 e. The number of aliphatic hydroxyl groups is 4. The summed E-state index contributed by atoms with van der Waals surface area (Å²) >= 11 is 19.3. The molecule has 4 aliphatic carbocycles. The number of aromatic hydroxyl groups is 2. The van der Waals surface area contributed by atoms with Crippen molar-refractivity contribution in [1.82, 2.24) is 19.6 Å². The van der Waals surface area contributed by atoms with Gasteiger partial charge in [0.05, 0.1) is 148 Å². The molecule has 137 heavy (non-hydrogen) atoms. The number of likely N-dealkylation sites (tertiary alicyclic amines) is 4. The van der Waals surface area contributed by atoms with Crippen molar-refractivity contribution < 1.29 is 161 Å². The van der Waals surface area contributed by atoms with E-state index in [0.717, 1.165) is 153 Å². The number of β-amino-alcohol motifs (C(OH)–C–C–N with tert-alkyl or cyclic N) is 1. The SMILES string of the molecule is C.CC.CCCC.Cl.ClCCl.Cl[C@H]1CCCCC1N1CC[C@@H](OCc2ccccc2)C1.OCCc1ccc(O)c(O)c1.O[C@H]1CCCCC1N1CC[C@@H](OCc2ccccc2)C1.[2H]C([2H])([2H])I.[2H]C([2H])([2H])Oc1ccc(CCO)cc1OC([2H])([2H])[2H].[2H]C([2H])([2H])Oc1ccc(CCOC2CCCCC2N2CC[C@@H](O)C2)cc1OC([2H])([2H])[2H].[2H]C([2H])([2H])Oc1ccc(CCOC2CCCCC2N2CC[C@@H](OCc3ccccc3)C2)cc1OC([2H])([2H])[2H].[2H][I-]I.[H-].[Na+]. The average Bonchev–Trinajstić information content (AvgIpc) is 1.49. The van der Waals surface area contributed by atoms with Crippen molar-refractivity contribution in [3.05, 3.63) is 203 Å².